The van der Waals surface area contributed by atoms with Gasteiger partial charge in [0.15, 0.2) is 0 Å². The summed E-state index contributed by atoms with van der Waals surface area (Å²) >= 11 is 0. The Morgan fingerprint density at radius 1 is 1.28 bits per heavy atom. The van der Waals surface area contributed by atoms with Crippen LogP contribution < -0.4 is 4.90 Å². The molecule has 7 heteroatoms. The second-order valence-electron chi connectivity index (χ2n) is 7.73. The predicted molar refractivity (Wildman–Crippen MR) is 94.5 cm³/mol. The highest BCUT2D eigenvalue weighted by molar-refractivity contribution is 5.42. The summed E-state index contributed by atoms with van der Waals surface area (Å²) in [5, 5.41) is 19.6. The summed E-state index contributed by atoms with van der Waals surface area (Å²) in [6.45, 7) is 7.50. The van der Waals surface area contributed by atoms with Crippen LogP contribution in [0.1, 0.15) is 68.7 Å². The lowest BCUT2D eigenvalue weighted by atomic mass is 9.90. The number of rotatable bonds is 4. The highest BCUT2D eigenvalue weighted by Gasteiger charge is 2.38. The third-order valence-electron chi connectivity index (χ3n) is 5.11. The highest BCUT2D eigenvalue weighted by atomic mass is 16.3. The molecule has 1 aliphatic heterocycles. The topological polar surface area (TPSA) is 80.0 Å². The Labute approximate surface area is 148 Å². The number of piperidine rings is 1. The predicted octanol–water partition coefficient (Wildman–Crippen LogP) is 2.32. The van der Waals surface area contributed by atoms with E-state index in [1.807, 2.05) is 19.2 Å². The Morgan fingerprint density at radius 2 is 2.08 bits per heavy atom. The van der Waals surface area contributed by atoms with E-state index in [-0.39, 0.29) is 6.04 Å². The van der Waals surface area contributed by atoms with Crippen molar-refractivity contribution in [2.45, 2.75) is 64.0 Å². The fraction of sp³-hybridized carbons (Fsp3) is 0.667. The number of aliphatic hydroxyl groups is 1. The van der Waals surface area contributed by atoms with Gasteiger partial charge in [0, 0.05) is 30.3 Å². The molecule has 7 nitrogen and oxygen atoms in total. The standard InChI is InChI=1S/C18H26N6O/c1-12(2)24-10-15(21-22-24)18(25)7-4-8-23(11-18)16-9-13(3)19-17(20-16)14-5-6-14/h9-10,12,14,25H,4-8,11H2,1-3H3. The van der Waals surface area contributed by atoms with Crippen LogP contribution in [0.3, 0.4) is 0 Å². The zero-order valence-electron chi connectivity index (χ0n) is 15.2. The van der Waals surface area contributed by atoms with Crippen molar-refractivity contribution in [1.29, 1.82) is 0 Å². The summed E-state index contributed by atoms with van der Waals surface area (Å²) in [4.78, 5) is 11.5. The van der Waals surface area contributed by atoms with E-state index in [2.05, 4.69) is 34.0 Å². The van der Waals surface area contributed by atoms with Gasteiger partial charge < -0.3 is 10.0 Å². The van der Waals surface area contributed by atoms with Crippen molar-refractivity contribution in [2.24, 2.45) is 0 Å². The van der Waals surface area contributed by atoms with Gasteiger partial charge in [-0.15, -0.1) is 5.10 Å². The van der Waals surface area contributed by atoms with Crippen LogP contribution in [0.25, 0.3) is 0 Å². The minimum absolute atomic E-state index is 0.232. The van der Waals surface area contributed by atoms with Gasteiger partial charge in [0.25, 0.3) is 0 Å². The van der Waals surface area contributed by atoms with Gasteiger partial charge in [-0.25, -0.2) is 14.6 Å². The molecular weight excluding hydrogens is 316 g/mol. The molecule has 1 saturated carbocycles. The first-order chi connectivity index (χ1) is 11.9. The number of hydrogen-bond acceptors (Lipinski definition) is 6. The molecule has 134 valence electrons. The monoisotopic (exact) mass is 342 g/mol. The molecule has 2 fully saturated rings. The highest BCUT2D eigenvalue weighted by Crippen LogP contribution is 2.39. The molecular formula is C18H26N6O. The van der Waals surface area contributed by atoms with Crippen molar-refractivity contribution in [3.63, 3.8) is 0 Å². The molecule has 1 N–H and O–H groups in total. The normalized spacial score (nSPS) is 24.1. The van der Waals surface area contributed by atoms with E-state index in [1.165, 1.54) is 12.8 Å². The second kappa shape index (κ2) is 6.05. The van der Waals surface area contributed by atoms with Gasteiger partial charge in [0.2, 0.25) is 0 Å². The zero-order chi connectivity index (χ0) is 17.6. The SMILES string of the molecule is Cc1cc(N2CCCC(O)(c3cn(C(C)C)nn3)C2)nc(C2CC2)n1. The summed E-state index contributed by atoms with van der Waals surface area (Å²) < 4.78 is 1.80. The average molecular weight is 342 g/mol. The lowest BCUT2D eigenvalue weighted by Gasteiger charge is -2.38. The Hall–Kier alpha value is -2.02. The van der Waals surface area contributed by atoms with E-state index in [1.54, 1.807) is 4.68 Å². The molecule has 0 amide bonds. The molecule has 4 rings (SSSR count). The van der Waals surface area contributed by atoms with Crippen molar-refractivity contribution >= 4 is 5.82 Å². The minimum atomic E-state index is -0.982. The van der Waals surface area contributed by atoms with Crippen molar-refractivity contribution in [3.8, 4) is 0 Å². The summed E-state index contributed by atoms with van der Waals surface area (Å²) in [6.07, 6.45) is 5.83. The van der Waals surface area contributed by atoms with E-state index in [4.69, 9.17) is 4.98 Å². The molecule has 25 heavy (non-hydrogen) atoms. The largest absolute Gasteiger partial charge is 0.382 e. The van der Waals surface area contributed by atoms with Crippen LogP contribution in [0, 0.1) is 6.92 Å². The van der Waals surface area contributed by atoms with Gasteiger partial charge in [-0.3, -0.25) is 0 Å². The first kappa shape index (κ1) is 16.4. The summed E-state index contributed by atoms with van der Waals surface area (Å²) in [7, 11) is 0. The van der Waals surface area contributed by atoms with Crippen LogP contribution in [-0.2, 0) is 5.60 Å². The lowest BCUT2D eigenvalue weighted by Crippen LogP contribution is -2.47. The number of hydrogen-bond donors (Lipinski definition) is 1. The Kier molecular flexibility index (Phi) is 3.98. The maximum atomic E-state index is 11.2. The molecule has 2 aromatic heterocycles. The minimum Gasteiger partial charge on any atom is -0.382 e. The lowest BCUT2D eigenvalue weighted by molar-refractivity contribution is 0.0174. The third kappa shape index (κ3) is 3.25. The Balaban J connectivity index is 1.59. The van der Waals surface area contributed by atoms with E-state index >= 15 is 0 Å². The maximum Gasteiger partial charge on any atom is 0.134 e. The quantitative estimate of drug-likeness (QED) is 0.918. The zero-order valence-corrected chi connectivity index (χ0v) is 15.2. The van der Waals surface area contributed by atoms with Gasteiger partial charge in [-0.2, -0.15) is 0 Å². The van der Waals surface area contributed by atoms with Crippen LogP contribution in [0.4, 0.5) is 5.82 Å². The van der Waals surface area contributed by atoms with Gasteiger partial charge in [0.1, 0.15) is 22.9 Å². The van der Waals surface area contributed by atoms with Crippen LogP contribution in [-0.4, -0.2) is 43.2 Å². The fourth-order valence-corrected chi connectivity index (χ4v) is 3.44. The number of nitrogens with zero attached hydrogens (tertiary/aromatic N) is 6. The smallest absolute Gasteiger partial charge is 0.134 e. The third-order valence-corrected chi connectivity index (χ3v) is 5.11. The molecule has 2 aliphatic rings. The molecule has 0 aromatic carbocycles. The van der Waals surface area contributed by atoms with Gasteiger partial charge in [-0.1, -0.05) is 5.21 Å². The molecule has 0 bridgehead atoms. The van der Waals surface area contributed by atoms with E-state index < -0.39 is 5.60 Å². The molecule has 1 unspecified atom stereocenters. The number of aryl methyl sites for hydroxylation is 1. The van der Waals surface area contributed by atoms with E-state index in [0.29, 0.717) is 24.6 Å². The molecule has 1 aliphatic carbocycles. The van der Waals surface area contributed by atoms with Crippen molar-refractivity contribution in [3.05, 3.63) is 29.5 Å². The number of β-amino-alcohol motifs (C(OH)–C–C–N with tert-alkyl or cyclic N) is 1. The summed E-state index contributed by atoms with van der Waals surface area (Å²) in [5.41, 5.74) is 0.662. The van der Waals surface area contributed by atoms with Crippen molar-refractivity contribution in [1.82, 2.24) is 25.0 Å². The fourth-order valence-electron chi connectivity index (χ4n) is 3.44. The number of anilines is 1. The van der Waals surface area contributed by atoms with Crippen LogP contribution >= 0.6 is 0 Å². The van der Waals surface area contributed by atoms with Gasteiger partial charge in [-0.05, 0) is 46.5 Å². The Morgan fingerprint density at radius 3 is 2.76 bits per heavy atom. The Bertz CT molecular complexity index is 769. The molecule has 2 aromatic rings. The van der Waals surface area contributed by atoms with Crippen LogP contribution in [0.2, 0.25) is 0 Å². The number of aromatic nitrogens is 5. The average Bonchev–Trinajstić information content (AvgIpc) is 3.30. The molecule has 0 spiro atoms. The first-order valence-corrected chi connectivity index (χ1v) is 9.20. The molecule has 1 saturated heterocycles. The van der Waals surface area contributed by atoms with Crippen molar-refractivity contribution < 1.29 is 5.11 Å². The van der Waals surface area contributed by atoms with E-state index in [0.717, 1.165) is 30.3 Å². The first-order valence-electron chi connectivity index (χ1n) is 9.20. The summed E-state index contributed by atoms with van der Waals surface area (Å²) in [6, 6.07) is 2.25. The van der Waals surface area contributed by atoms with Gasteiger partial charge >= 0.3 is 0 Å². The van der Waals surface area contributed by atoms with E-state index in [9.17, 15) is 5.11 Å². The molecule has 0 radical (unpaired) electrons. The molecule has 1 atom stereocenters. The molecule has 3 heterocycles. The van der Waals surface area contributed by atoms with Gasteiger partial charge in [0.05, 0.1) is 12.7 Å². The van der Waals surface area contributed by atoms with Crippen LogP contribution in [0.15, 0.2) is 12.3 Å². The van der Waals surface area contributed by atoms with Crippen molar-refractivity contribution in [2.75, 3.05) is 18.0 Å². The second-order valence-corrected chi connectivity index (χ2v) is 7.73. The maximum absolute atomic E-state index is 11.2. The van der Waals surface area contributed by atoms with Crippen LogP contribution in [0.5, 0.6) is 0 Å². The summed E-state index contributed by atoms with van der Waals surface area (Å²) in [5.74, 6) is 2.40.